The third-order valence-electron chi connectivity index (χ3n) is 3.38. The number of primary amides is 1. The molecule has 5 N–H and O–H groups in total. The minimum atomic E-state index is -1.29. The second-order valence-electron chi connectivity index (χ2n) is 4.64. The Balaban J connectivity index is 2.06. The van der Waals surface area contributed by atoms with E-state index < -0.39 is 37.1 Å². The smallest absolute Gasteiger partial charge is 0.268 e. The van der Waals surface area contributed by atoms with Crippen LogP contribution in [-0.4, -0.2) is 65.9 Å². The first-order chi connectivity index (χ1) is 10.0. The Hall–Kier alpha value is -2.14. The van der Waals surface area contributed by atoms with E-state index in [4.69, 9.17) is 15.6 Å². The van der Waals surface area contributed by atoms with Crippen LogP contribution in [0.4, 0.5) is 0 Å². The Morgan fingerprint density at radius 3 is 2.76 bits per heavy atom. The number of ether oxygens (including phenoxy) is 1. The molecule has 0 spiro atoms. The average molecular weight is 295 g/mol. The van der Waals surface area contributed by atoms with Gasteiger partial charge in [-0.25, -0.2) is 14.6 Å². The van der Waals surface area contributed by atoms with Crippen LogP contribution >= 0.6 is 0 Å². The topological polar surface area (TPSA) is 157 Å². The Kier molecular flexibility index (Phi) is 3.29. The highest BCUT2D eigenvalue weighted by Crippen LogP contribution is 2.31. The van der Waals surface area contributed by atoms with Crippen molar-refractivity contribution in [2.45, 2.75) is 24.5 Å². The molecular weight excluding hydrogens is 282 g/mol. The van der Waals surface area contributed by atoms with Crippen molar-refractivity contribution in [3.05, 3.63) is 18.2 Å². The quantitative estimate of drug-likeness (QED) is 0.485. The van der Waals surface area contributed by atoms with E-state index >= 15 is 0 Å². The van der Waals surface area contributed by atoms with Gasteiger partial charge >= 0.3 is 0 Å². The minimum absolute atomic E-state index is 0.00186. The maximum absolute atomic E-state index is 11.3. The fourth-order valence-corrected chi connectivity index (χ4v) is 2.33. The summed E-state index contributed by atoms with van der Waals surface area (Å²) in [5.41, 5.74) is 5.44. The normalized spacial score (nSPS) is 29.1. The van der Waals surface area contributed by atoms with Crippen molar-refractivity contribution in [2.24, 2.45) is 5.73 Å². The van der Waals surface area contributed by atoms with E-state index in [1.54, 1.807) is 0 Å². The van der Waals surface area contributed by atoms with Gasteiger partial charge in [-0.1, -0.05) is 0 Å². The molecule has 1 aliphatic heterocycles. The summed E-state index contributed by atoms with van der Waals surface area (Å²) < 4.78 is 6.58. The van der Waals surface area contributed by atoms with Gasteiger partial charge in [-0.2, -0.15) is 5.10 Å². The first kappa shape index (κ1) is 13.8. The zero-order chi connectivity index (χ0) is 15.1. The summed E-state index contributed by atoms with van der Waals surface area (Å²) in [5, 5.41) is 33.1. The lowest BCUT2D eigenvalue weighted by Crippen LogP contribution is -2.33. The van der Waals surface area contributed by atoms with Crippen LogP contribution in [0.5, 0.6) is 0 Å². The van der Waals surface area contributed by atoms with E-state index in [2.05, 4.69) is 15.1 Å². The van der Waals surface area contributed by atoms with Gasteiger partial charge in [-0.15, -0.1) is 0 Å². The van der Waals surface area contributed by atoms with E-state index in [-0.39, 0.29) is 11.3 Å². The molecule has 1 fully saturated rings. The number of aliphatic hydroxyl groups is 3. The first-order valence-electron chi connectivity index (χ1n) is 6.15. The molecule has 21 heavy (non-hydrogen) atoms. The summed E-state index contributed by atoms with van der Waals surface area (Å²) in [7, 11) is 0. The fraction of sp³-hybridized carbons (Fsp3) is 0.455. The zero-order valence-corrected chi connectivity index (χ0v) is 10.7. The van der Waals surface area contributed by atoms with Crippen LogP contribution in [0.15, 0.2) is 12.5 Å². The Morgan fingerprint density at radius 2 is 2.14 bits per heavy atom. The maximum atomic E-state index is 11.3. The Morgan fingerprint density at radius 1 is 1.38 bits per heavy atom. The lowest BCUT2D eigenvalue weighted by atomic mass is 10.1. The summed E-state index contributed by atoms with van der Waals surface area (Å²) >= 11 is 0. The maximum Gasteiger partial charge on any atom is 0.268 e. The van der Waals surface area contributed by atoms with Gasteiger partial charge in [0.15, 0.2) is 11.9 Å². The number of carbonyl (C=O) groups is 1. The van der Waals surface area contributed by atoms with E-state index in [1.165, 1.54) is 10.9 Å². The van der Waals surface area contributed by atoms with Gasteiger partial charge in [0.25, 0.3) is 5.91 Å². The molecule has 1 saturated heterocycles. The molecule has 2 aromatic rings. The molecule has 112 valence electrons. The van der Waals surface area contributed by atoms with Crippen LogP contribution < -0.4 is 5.73 Å². The summed E-state index contributed by atoms with van der Waals surface area (Å²) in [6.07, 6.45) is -2.05. The van der Waals surface area contributed by atoms with Crippen molar-refractivity contribution in [1.82, 2.24) is 19.7 Å². The lowest BCUT2D eigenvalue weighted by Gasteiger charge is -2.15. The van der Waals surface area contributed by atoms with Gasteiger partial charge < -0.3 is 25.8 Å². The zero-order valence-electron chi connectivity index (χ0n) is 10.7. The number of aliphatic hydroxyl groups excluding tert-OH is 3. The number of nitrogens with two attached hydrogens (primary N) is 1. The highest BCUT2D eigenvalue weighted by atomic mass is 16.6. The number of aromatic nitrogens is 4. The fourth-order valence-electron chi connectivity index (χ4n) is 2.33. The van der Waals surface area contributed by atoms with Crippen molar-refractivity contribution in [2.75, 3.05) is 6.61 Å². The van der Waals surface area contributed by atoms with Crippen molar-refractivity contribution in [1.29, 1.82) is 0 Å². The van der Waals surface area contributed by atoms with Crippen LogP contribution in [0.2, 0.25) is 0 Å². The van der Waals surface area contributed by atoms with Crippen LogP contribution in [0, 0.1) is 0 Å². The first-order valence-corrected chi connectivity index (χ1v) is 6.15. The average Bonchev–Trinajstić information content (AvgIpc) is 3.01. The van der Waals surface area contributed by atoms with Crippen LogP contribution in [-0.2, 0) is 4.74 Å². The predicted molar refractivity (Wildman–Crippen MR) is 66.9 cm³/mol. The van der Waals surface area contributed by atoms with E-state index in [0.29, 0.717) is 5.39 Å². The van der Waals surface area contributed by atoms with Crippen molar-refractivity contribution in [3.63, 3.8) is 0 Å². The van der Waals surface area contributed by atoms with Gasteiger partial charge in [0.05, 0.1) is 18.2 Å². The largest absolute Gasteiger partial charge is 0.394 e. The molecule has 0 bridgehead atoms. The number of carbonyl (C=O) groups excluding carboxylic acids is 1. The van der Waals surface area contributed by atoms with Crippen molar-refractivity contribution >= 4 is 16.9 Å². The van der Waals surface area contributed by atoms with E-state index in [0.717, 1.165) is 6.33 Å². The van der Waals surface area contributed by atoms with Gasteiger partial charge in [0.1, 0.15) is 30.3 Å². The molecule has 10 heteroatoms. The molecule has 0 aliphatic carbocycles. The number of amides is 1. The Bertz CT molecular complexity index is 689. The predicted octanol–water partition coefficient (Wildman–Crippen LogP) is -2.46. The molecule has 0 radical (unpaired) electrons. The lowest BCUT2D eigenvalue weighted by molar-refractivity contribution is -0.0566. The minimum Gasteiger partial charge on any atom is -0.394 e. The van der Waals surface area contributed by atoms with Crippen molar-refractivity contribution in [3.8, 4) is 0 Å². The number of nitrogens with zero attached hydrogens (tertiary/aromatic N) is 4. The third-order valence-corrected chi connectivity index (χ3v) is 3.38. The molecule has 2 aromatic heterocycles. The number of hydrogen-bond acceptors (Lipinski definition) is 8. The third kappa shape index (κ3) is 2.05. The molecule has 1 aliphatic rings. The molecule has 0 aromatic carbocycles. The SMILES string of the molecule is NC(=O)c1ncnc2c1cnn2[C@@H]1O[C@H](CO)[C@@H](O)[C@H]1O. The molecule has 3 heterocycles. The van der Waals surface area contributed by atoms with Crippen LogP contribution in [0.3, 0.4) is 0 Å². The highest BCUT2D eigenvalue weighted by molar-refractivity contribution is 6.02. The van der Waals surface area contributed by atoms with Crippen LogP contribution in [0.1, 0.15) is 16.7 Å². The molecular formula is C11H13N5O5. The van der Waals surface area contributed by atoms with Gasteiger partial charge in [-0.3, -0.25) is 4.79 Å². The van der Waals surface area contributed by atoms with E-state index in [9.17, 15) is 15.0 Å². The summed E-state index contributed by atoms with van der Waals surface area (Å²) in [5.74, 6) is -0.733. The van der Waals surface area contributed by atoms with Gasteiger partial charge in [-0.05, 0) is 0 Å². The Labute approximate surface area is 117 Å². The molecule has 0 unspecified atom stereocenters. The summed E-state index contributed by atoms with van der Waals surface area (Å²) in [4.78, 5) is 19.1. The van der Waals surface area contributed by atoms with Gasteiger partial charge in [0.2, 0.25) is 0 Å². The number of fused-ring (bicyclic) bond motifs is 1. The standard InChI is InChI=1S/C11H13N5O5/c12-9(20)6-4-1-15-16(10(4)14-3-13-6)11-8(19)7(18)5(2-17)21-11/h1,3,5,7-8,11,17-19H,2H2,(H2,12,20)/t5-,7-,8-,11-/m1/s1. The molecule has 4 atom stereocenters. The van der Waals surface area contributed by atoms with Crippen LogP contribution in [0.25, 0.3) is 11.0 Å². The second-order valence-corrected chi connectivity index (χ2v) is 4.64. The highest BCUT2D eigenvalue weighted by Gasteiger charge is 2.44. The second kappa shape index (κ2) is 5.00. The summed E-state index contributed by atoms with van der Waals surface area (Å²) in [6, 6.07) is 0. The number of hydrogen-bond donors (Lipinski definition) is 4. The van der Waals surface area contributed by atoms with Gasteiger partial charge in [0, 0.05) is 0 Å². The summed E-state index contributed by atoms with van der Waals surface area (Å²) in [6.45, 7) is -0.449. The monoisotopic (exact) mass is 295 g/mol. The molecule has 10 nitrogen and oxygen atoms in total. The molecule has 0 saturated carbocycles. The van der Waals surface area contributed by atoms with E-state index in [1.807, 2.05) is 0 Å². The molecule has 3 rings (SSSR count). The molecule has 1 amide bonds. The number of rotatable bonds is 3. The van der Waals surface area contributed by atoms with Crippen molar-refractivity contribution < 1.29 is 24.9 Å².